The molecular weight excluding hydrogens is 538 g/mol. The summed E-state index contributed by atoms with van der Waals surface area (Å²) < 4.78 is 13.0. The van der Waals surface area contributed by atoms with Crippen LogP contribution in [0, 0.1) is 10.1 Å². The lowest BCUT2D eigenvalue weighted by molar-refractivity contribution is -0.384. The predicted molar refractivity (Wildman–Crippen MR) is 159 cm³/mol. The number of ether oxygens (including phenoxy) is 2. The monoisotopic (exact) mass is 565 g/mol. The number of hydrogen-bond donors (Lipinski definition) is 0. The van der Waals surface area contributed by atoms with E-state index in [0.29, 0.717) is 14.9 Å². The predicted octanol–water partition coefficient (Wildman–Crippen LogP) is 5.41. The Kier molecular flexibility index (Phi) is 7.11. The minimum Gasteiger partial charge on any atom is -0.497 e. The van der Waals surface area contributed by atoms with E-state index in [9.17, 15) is 14.9 Å². The summed E-state index contributed by atoms with van der Waals surface area (Å²) in [5.41, 5.74) is 5.84. The van der Waals surface area contributed by atoms with Gasteiger partial charge in [-0.3, -0.25) is 19.5 Å². The molecule has 1 aliphatic heterocycles. The average molecular weight is 566 g/mol. The Morgan fingerprint density at radius 2 is 1.51 bits per heavy atom. The number of methoxy groups -OCH3 is 2. The largest absolute Gasteiger partial charge is 0.497 e. The zero-order valence-corrected chi connectivity index (χ0v) is 23.4. The third kappa shape index (κ3) is 5.12. The molecule has 2 aliphatic rings. The third-order valence-corrected chi connectivity index (χ3v) is 8.41. The quantitative estimate of drug-likeness (QED) is 0.230. The molecule has 1 aliphatic carbocycles. The highest BCUT2D eigenvalue weighted by atomic mass is 32.1. The van der Waals surface area contributed by atoms with E-state index in [4.69, 9.17) is 14.5 Å². The topological polar surface area (TPSA) is 96.0 Å². The molecule has 0 amide bonds. The van der Waals surface area contributed by atoms with Crippen molar-refractivity contribution in [3.8, 4) is 11.5 Å². The Morgan fingerprint density at radius 1 is 0.902 bits per heavy atom. The number of nitro groups is 1. The Labute approximate surface area is 240 Å². The summed E-state index contributed by atoms with van der Waals surface area (Å²) in [7, 11) is 3.29. The van der Waals surface area contributed by atoms with Crippen LogP contribution in [0.25, 0.3) is 12.2 Å². The normalized spacial score (nSPS) is 17.6. The summed E-state index contributed by atoms with van der Waals surface area (Å²) >= 11 is 1.33. The summed E-state index contributed by atoms with van der Waals surface area (Å²) in [6, 6.07) is 21.7. The van der Waals surface area contributed by atoms with E-state index in [-0.39, 0.29) is 17.3 Å². The molecule has 0 bridgehead atoms. The van der Waals surface area contributed by atoms with Gasteiger partial charge in [0.05, 0.1) is 35.4 Å². The minimum absolute atomic E-state index is 0.00645. The van der Waals surface area contributed by atoms with E-state index in [1.54, 1.807) is 37.0 Å². The zero-order valence-electron chi connectivity index (χ0n) is 22.6. The maximum absolute atomic E-state index is 13.9. The number of nitrogens with zero attached hydrogens (tertiary/aromatic N) is 3. The number of allylic oxidation sites excluding steroid dienone is 2. The van der Waals surface area contributed by atoms with Crippen LogP contribution in [0.1, 0.15) is 42.0 Å². The van der Waals surface area contributed by atoms with Crippen molar-refractivity contribution in [2.24, 2.45) is 4.99 Å². The Hall–Kier alpha value is -4.76. The van der Waals surface area contributed by atoms with E-state index >= 15 is 0 Å². The first-order valence-corrected chi connectivity index (χ1v) is 14.0. The van der Waals surface area contributed by atoms with Crippen molar-refractivity contribution in [1.29, 1.82) is 0 Å². The van der Waals surface area contributed by atoms with Gasteiger partial charge in [-0.05, 0) is 95.6 Å². The van der Waals surface area contributed by atoms with Crippen molar-refractivity contribution in [3.05, 3.63) is 136 Å². The lowest BCUT2D eigenvalue weighted by atomic mass is 9.84. The molecule has 0 saturated carbocycles. The molecule has 206 valence electrons. The molecule has 2 heterocycles. The van der Waals surface area contributed by atoms with Gasteiger partial charge in [-0.2, -0.15) is 0 Å². The highest BCUT2D eigenvalue weighted by Crippen LogP contribution is 2.41. The molecule has 0 unspecified atom stereocenters. The highest BCUT2D eigenvalue weighted by molar-refractivity contribution is 7.07. The molecule has 8 nitrogen and oxygen atoms in total. The molecule has 4 aromatic rings. The maximum atomic E-state index is 13.9. The molecule has 1 atom stereocenters. The molecule has 9 heteroatoms. The number of nitro benzene ring substituents is 1. The molecule has 1 aromatic heterocycles. The number of hydrogen-bond acceptors (Lipinski definition) is 7. The van der Waals surface area contributed by atoms with Crippen LogP contribution in [-0.2, 0) is 0 Å². The number of thiazole rings is 1. The number of aromatic nitrogens is 1. The van der Waals surface area contributed by atoms with Gasteiger partial charge in [0.15, 0.2) is 4.80 Å². The van der Waals surface area contributed by atoms with Gasteiger partial charge in [-0.15, -0.1) is 0 Å². The van der Waals surface area contributed by atoms with Gasteiger partial charge in [0.1, 0.15) is 11.5 Å². The smallest absolute Gasteiger partial charge is 0.271 e. The fraction of sp³-hybridized carbons (Fsp3) is 0.188. The molecule has 6 rings (SSSR count). The van der Waals surface area contributed by atoms with Crippen molar-refractivity contribution >= 4 is 29.2 Å². The minimum atomic E-state index is -0.436. The zero-order chi connectivity index (χ0) is 28.5. The first kappa shape index (κ1) is 26.5. The lowest BCUT2D eigenvalue weighted by Crippen LogP contribution is -2.39. The second-order valence-corrected chi connectivity index (χ2v) is 10.9. The maximum Gasteiger partial charge on any atom is 0.271 e. The number of benzene rings is 3. The second-order valence-electron chi connectivity index (χ2n) is 9.87. The van der Waals surface area contributed by atoms with Crippen LogP contribution in [0.3, 0.4) is 0 Å². The molecule has 0 N–H and O–H groups in total. The van der Waals surface area contributed by atoms with Gasteiger partial charge in [0.25, 0.3) is 11.2 Å². The summed E-state index contributed by atoms with van der Waals surface area (Å²) in [6.07, 6.45) is 6.63. The van der Waals surface area contributed by atoms with E-state index in [0.717, 1.165) is 58.7 Å². The Balaban J connectivity index is 1.52. The van der Waals surface area contributed by atoms with Gasteiger partial charge in [-0.1, -0.05) is 35.6 Å². The van der Waals surface area contributed by atoms with Crippen molar-refractivity contribution in [2.75, 3.05) is 14.2 Å². The first-order chi connectivity index (χ1) is 19.9. The van der Waals surface area contributed by atoms with Gasteiger partial charge >= 0.3 is 0 Å². The summed E-state index contributed by atoms with van der Waals surface area (Å²) in [5, 5.41) is 11.1. The Morgan fingerprint density at radius 3 is 2.15 bits per heavy atom. The number of fused-ring (bicyclic) bond motifs is 1. The molecule has 0 radical (unpaired) electrons. The Bertz CT molecular complexity index is 1870. The van der Waals surface area contributed by atoms with Crippen LogP contribution in [0.4, 0.5) is 5.69 Å². The SMILES string of the molecule is COc1ccc(/C=C2\CCCC3=C2N=c2s/c(=C/c4ccc([N+](=O)[O-])cc4)c(=O)n2[C@H]3c2ccc(OC)cc2)cc1. The summed E-state index contributed by atoms with van der Waals surface area (Å²) in [6.45, 7) is 0. The first-order valence-electron chi connectivity index (χ1n) is 13.2. The summed E-state index contributed by atoms with van der Waals surface area (Å²) in [5.74, 6) is 1.55. The highest BCUT2D eigenvalue weighted by Gasteiger charge is 2.32. The van der Waals surface area contributed by atoms with Crippen LogP contribution in [-0.4, -0.2) is 23.7 Å². The van der Waals surface area contributed by atoms with Gasteiger partial charge < -0.3 is 9.47 Å². The van der Waals surface area contributed by atoms with Crippen LogP contribution in [0.5, 0.6) is 11.5 Å². The van der Waals surface area contributed by atoms with Gasteiger partial charge in [-0.25, -0.2) is 4.99 Å². The molecule has 41 heavy (non-hydrogen) atoms. The van der Waals surface area contributed by atoms with E-state index in [2.05, 4.69) is 6.08 Å². The molecular formula is C32H27N3O5S. The molecule has 0 spiro atoms. The van der Waals surface area contributed by atoms with Crippen molar-refractivity contribution < 1.29 is 14.4 Å². The van der Waals surface area contributed by atoms with E-state index in [1.165, 1.54) is 23.5 Å². The van der Waals surface area contributed by atoms with Crippen LogP contribution < -0.4 is 24.4 Å². The standard InChI is InChI=1S/C32H27N3O5S/c1-39-25-14-8-20(9-15-25)18-23-4-3-5-27-29(23)33-32-34(30(27)22-10-16-26(40-2)17-11-22)31(36)28(41-32)19-21-6-12-24(13-7-21)35(37)38/h6-19,30H,3-5H2,1-2H3/b23-18+,28-19+/t30-/m0/s1. The second kappa shape index (κ2) is 11.0. The van der Waals surface area contributed by atoms with E-state index < -0.39 is 4.92 Å². The fourth-order valence-electron chi connectivity index (χ4n) is 5.39. The van der Waals surface area contributed by atoms with E-state index in [1.807, 2.05) is 48.5 Å². The summed E-state index contributed by atoms with van der Waals surface area (Å²) in [4.78, 5) is 30.3. The van der Waals surface area contributed by atoms with Crippen LogP contribution >= 0.6 is 11.3 Å². The number of rotatable bonds is 6. The average Bonchev–Trinajstić information content (AvgIpc) is 3.31. The fourth-order valence-corrected chi connectivity index (χ4v) is 6.39. The van der Waals surface area contributed by atoms with Crippen molar-refractivity contribution in [1.82, 2.24) is 4.57 Å². The third-order valence-electron chi connectivity index (χ3n) is 7.42. The van der Waals surface area contributed by atoms with Crippen molar-refractivity contribution in [3.63, 3.8) is 0 Å². The molecule has 0 fully saturated rings. The van der Waals surface area contributed by atoms with Gasteiger partial charge in [0, 0.05) is 12.1 Å². The van der Waals surface area contributed by atoms with Crippen LogP contribution in [0.2, 0.25) is 0 Å². The lowest BCUT2D eigenvalue weighted by Gasteiger charge is -2.31. The molecule has 0 saturated heterocycles. The van der Waals surface area contributed by atoms with Gasteiger partial charge in [0.2, 0.25) is 0 Å². The number of non-ortho nitro benzene ring substituents is 1. The van der Waals surface area contributed by atoms with Crippen molar-refractivity contribution in [2.45, 2.75) is 25.3 Å². The molecule has 3 aromatic carbocycles. The van der Waals surface area contributed by atoms with Crippen LogP contribution in [0.15, 0.2) is 99.4 Å².